The van der Waals surface area contributed by atoms with E-state index in [1.54, 1.807) is 19.2 Å². The van der Waals surface area contributed by atoms with Crippen LogP contribution in [0.2, 0.25) is 0 Å². The number of carbonyl (C=O) groups excluding carboxylic acids is 2. The van der Waals surface area contributed by atoms with Gasteiger partial charge in [0.15, 0.2) is 11.5 Å². The van der Waals surface area contributed by atoms with E-state index in [0.29, 0.717) is 49.0 Å². The molecule has 208 valence electrons. The van der Waals surface area contributed by atoms with Gasteiger partial charge < -0.3 is 28.7 Å². The summed E-state index contributed by atoms with van der Waals surface area (Å²) in [6, 6.07) is 11.1. The molecule has 1 heterocycles. The average molecular weight is 547 g/mol. The number of amides is 2. The van der Waals surface area contributed by atoms with Crippen LogP contribution in [0.15, 0.2) is 36.4 Å². The number of rotatable bonds is 11. The van der Waals surface area contributed by atoms with E-state index in [-0.39, 0.29) is 23.6 Å². The highest BCUT2D eigenvalue weighted by Crippen LogP contribution is 2.38. The van der Waals surface area contributed by atoms with Crippen LogP contribution in [-0.2, 0) is 11.3 Å². The Balaban J connectivity index is 1.83. The zero-order chi connectivity index (χ0) is 27.9. The number of benzene rings is 2. The van der Waals surface area contributed by atoms with Gasteiger partial charge in [-0.25, -0.2) is 0 Å². The van der Waals surface area contributed by atoms with Crippen LogP contribution in [0.25, 0.3) is 0 Å². The molecular formula is C29H39ClN2O6. The Hall–Kier alpha value is -3.13. The first-order valence-electron chi connectivity index (χ1n) is 12.7. The van der Waals surface area contributed by atoms with Crippen molar-refractivity contribution in [3.63, 3.8) is 0 Å². The van der Waals surface area contributed by atoms with Gasteiger partial charge in [-0.2, -0.15) is 0 Å². The third kappa shape index (κ3) is 6.84. The molecule has 2 amide bonds. The molecule has 0 unspecified atom stereocenters. The summed E-state index contributed by atoms with van der Waals surface area (Å²) in [4.78, 5) is 30.5. The fourth-order valence-corrected chi connectivity index (χ4v) is 4.79. The van der Waals surface area contributed by atoms with Gasteiger partial charge in [-0.05, 0) is 62.4 Å². The quantitative estimate of drug-likeness (QED) is 0.374. The van der Waals surface area contributed by atoms with Crippen molar-refractivity contribution in [2.75, 3.05) is 54.0 Å². The molecule has 0 atom stereocenters. The highest BCUT2D eigenvalue weighted by atomic mass is 35.5. The molecule has 2 aromatic rings. The van der Waals surface area contributed by atoms with Crippen LogP contribution in [0.5, 0.6) is 23.0 Å². The van der Waals surface area contributed by atoms with Crippen molar-refractivity contribution in [3.05, 3.63) is 47.5 Å². The number of piperidine rings is 1. The molecule has 0 spiro atoms. The van der Waals surface area contributed by atoms with Crippen LogP contribution in [-0.4, -0.2) is 75.6 Å². The second-order valence-electron chi connectivity index (χ2n) is 10.2. The summed E-state index contributed by atoms with van der Waals surface area (Å²) >= 11 is 6.03. The Labute approximate surface area is 230 Å². The van der Waals surface area contributed by atoms with E-state index in [1.807, 2.05) is 47.9 Å². The summed E-state index contributed by atoms with van der Waals surface area (Å²) in [6.07, 6.45) is 1.62. The van der Waals surface area contributed by atoms with Gasteiger partial charge in [0.05, 0.1) is 33.9 Å². The Morgan fingerprint density at radius 3 is 2.00 bits per heavy atom. The number of likely N-dealkylation sites (tertiary alicyclic amines) is 1. The third-order valence-corrected chi connectivity index (χ3v) is 7.69. The van der Waals surface area contributed by atoms with Crippen LogP contribution in [0.1, 0.15) is 42.6 Å². The van der Waals surface area contributed by atoms with Crippen LogP contribution in [0.4, 0.5) is 0 Å². The normalized spacial score (nSPS) is 14.1. The van der Waals surface area contributed by atoms with E-state index in [4.69, 9.17) is 30.5 Å². The lowest BCUT2D eigenvalue weighted by molar-refractivity contribution is -0.140. The zero-order valence-electron chi connectivity index (χ0n) is 23.2. The van der Waals surface area contributed by atoms with Crippen LogP contribution in [0.3, 0.4) is 0 Å². The minimum atomic E-state index is -0.586. The highest BCUT2D eigenvalue weighted by molar-refractivity contribution is 6.19. The summed E-state index contributed by atoms with van der Waals surface area (Å²) in [6.45, 7) is 6.04. The van der Waals surface area contributed by atoms with Gasteiger partial charge in [0.1, 0.15) is 5.75 Å². The summed E-state index contributed by atoms with van der Waals surface area (Å²) in [5.41, 5.74) is 0.851. The van der Waals surface area contributed by atoms with Crippen molar-refractivity contribution < 1.29 is 28.5 Å². The molecule has 1 aliphatic rings. The molecule has 1 fully saturated rings. The number of hydrogen-bond acceptors (Lipinski definition) is 6. The smallest absolute Gasteiger partial charge is 0.254 e. The van der Waals surface area contributed by atoms with Crippen LogP contribution in [0, 0.1) is 11.3 Å². The maximum Gasteiger partial charge on any atom is 0.254 e. The fraction of sp³-hybridized carbons (Fsp3) is 0.517. The first-order chi connectivity index (χ1) is 18.2. The van der Waals surface area contributed by atoms with Gasteiger partial charge in [-0.1, -0.05) is 12.1 Å². The molecule has 1 aliphatic heterocycles. The Kier molecular flexibility index (Phi) is 10.1. The minimum Gasteiger partial charge on any atom is -0.497 e. The maximum absolute atomic E-state index is 13.9. The number of alkyl halides is 1. The lowest BCUT2D eigenvalue weighted by Gasteiger charge is -2.38. The standard InChI is InChI=1S/C29H39ClN2O6/c1-29(2,19-30)28(34)31-13-11-21(12-14-31)18-32(17-20-7-9-23(35-3)10-8-20)27(33)22-15-24(36-4)26(38-6)25(16-22)37-5/h7-10,15-16,21H,11-14,17-19H2,1-6H3. The van der Waals surface area contributed by atoms with E-state index in [9.17, 15) is 9.59 Å². The lowest BCUT2D eigenvalue weighted by Crippen LogP contribution is -2.47. The molecule has 2 aromatic carbocycles. The van der Waals surface area contributed by atoms with Crippen molar-refractivity contribution in [2.45, 2.75) is 33.2 Å². The monoisotopic (exact) mass is 546 g/mol. The summed E-state index contributed by atoms with van der Waals surface area (Å²) in [7, 11) is 6.21. The van der Waals surface area contributed by atoms with Crippen molar-refractivity contribution in [2.24, 2.45) is 11.3 Å². The van der Waals surface area contributed by atoms with E-state index in [2.05, 4.69) is 0 Å². The van der Waals surface area contributed by atoms with Gasteiger partial charge in [-0.15, -0.1) is 11.6 Å². The molecule has 8 nitrogen and oxygen atoms in total. The van der Waals surface area contributed by atoms with Gasteiger partial charge >= 0.3 is 0 Å². The highest BCUT2D eigenvalue weighted by Gasteiger charge is 2.34. The van der Waals surface area contributed by atoms with Crippen molar-refractivity contribution in [1.82, 2.24) is 9.80 Å². The molecule has 1 saturated heterocycles. The fourth-order valence-electron chi connectivity index (χ4n) is 4.67. The van der Waals surface area contributed by atoms with Gasteiger partial charge in [0, 0.05) is 37.6 Å². The molecule has 0 bridgehead atoms. The van der Waals surface area contributed by atoms with E-state index >= 15 is 0 Å². The Morgan fingerprint density at radius 2 is 1.53 bits per heavy atom. The SMILES string of the molecule is COc1ccc(CN(CC2CCN(C(=O)C(C)(C)CCl)CC2)C(=O)c2cc(OC)c(OC)c(OC)c2)cc1. The number of carbonyl (C=O) groups is 2. The van der Waals surface area contributed by atoms with Crippen molar-refractivity contribution in [3.8, 4) is 23.0 Å². The molecule has 0 aromatic heterocycles. The summed E-state index contributed by atoms with van der Waals surface area (Å²) in [5.74, 6) is 2.52. The number of halogens is 1. The first-order valence-corrected chi connectivity index (χ1v) is 13.3. The second kappa shape index (κ2) is 13.1. The molecule has 38 heavy (non-hydrogen) atoms. The largest absolute Gasteiger partial charge is 0.497 e. The molecule has 0 N–H and O–H groups in total. The van der Waals surface area contributed by atoms with Gasteiger partial charge in [0.2, 0.25) is 11.7 Å². The average Bonchev–Trinajstić information content (AvgIpc) is 2.95. The van der Waals surface area contributed by atoms with E-state index < -0.39 is 5.41 Å². The maximum atomic E-state index is 13.9. The zero-order valence-corrected chi connectivity index (χ0v) is 24.0. The number of ether oxygens (including phenoxy) is 4. The van der Waals surface area contributed by atoms with Crippen LogP contribution >= 0.6 is 11.6 Å². The lowest BCUT2D eigenvalue weighted by atomic mass is 9.90. The number of methoxy groups -OCH3 is 4. The number of nitrogens with zero attached hydrogens (tertiary/aromatic N) is 2. The number of hydrogen-bond donors (Lipinski definition) is 0. The second-order valence-corrected chi connectivity index (χ2v) is 10.5. The third-order valence-electron chi connectivity index (χ3n) is 7.02. The Morgan fingerprint density at radius 1 is 0.947 bits per heavy atom. The molecule has 0 radical (unpaired) electrons. The van der Waals surface area contributed by atoms with E-state index in [0.717, 1.165) is 24.2 Å². The minimum absolute atomic E-state index is 0.0783. The van der Waals surface area contributed by atoms with Gasteiger partial charge in [-0.3, -0.25) is 9.59 Å². The molecule has 0 saturated carbocycles. The van der Waals surface area contributed by atoms with E-state index in [1.165, 1.54) is 21.3 Å². The first kappa shape index (κ1) is 29.4. The van der Waals surface area contributed by atoms with Crippen molar-refractivity contribution in [1.29, 1.82) is 0 Å². The van der Waals surface area contributed by atoms with Crippen molar-refractivity contribution >= 4 is 23.4 Å². The topological polar surface area (TPSA) is 77.5 Å². The van der Waals surface area contributed by atoms with Crippen LogP contribution < -0.4 is 18.9 Å². The molecule has 0 aliphatic carbocycles. The van der Waals surface area contributed by atoms with Gasteiger partial charge in [0.25, 0.3) is 5.91 Å². The predicted octanol–water partition coefficient (Wildman–Crippen LogP) is 4.87. The summed E-state index contributed by atoms with van der Waals surface area (Å²) in [5, 5.41) is 0. The molecular weight excluding hydrogens is 508 g/mol. The molecule has 9 heteroatoms. The Bertz CT molecular complexity index is 1070. The summed E-state index contributed by atoms with van der Waals surface area (Å²) < 4.78 is 21.7. The predicted molar refractivity (Wildman–Crippen MR) is 148 cm³/mol. The molecule has 3 rings (SSSR count).